The molecular formula is C42H28N6S. The Balaban J connectivity index is 1.17. The molecule has 6 nitrogen and oxygen atoms in total. The van der Waals surface area contributed by atoms with E-state index in [1.165, 1.54) is 59.1 Å². The summed E-state index contributed by atoms with van der Waals surface area (Å²) in [5.74, 6) is 1.50. The summed E-state index contributed by atoms with van der Waals surface area (Å²) in [6, 6.07) is 39.5. The van der Waals surface area contributed by atoms with Crippen LogP contribution in [0.25, 0.3) is 55.0 Å². The highest BCUT2D eigenvalue weighted by atomic mass is 32.2. The number of benzene rings is 5. The van der Waals surface area contributed by atoms with Gasteiger partial charge in [0, 0.05) is 60.9 Å². The van der Waals surface area contributed by atoms with E-state index in [2.05, 4.69) is 134 Å². The fraction of sp³-hybridized carbons (Fsp3) is 0.0952. The van der Waals surface area contributed by atoms with Crippen molar-refractivity contribution in [2.75, 3.05) is 0 Å². The number of hydrogen-bond acceptors (Lipinski definition) is 5. The highest BCUT2D eigenvalue weighted by molar-refractivity contribution is 7.99. The molecule has 2 unspecified atom stereocenters. The van der Waals surface area contributed by atoms with Crippen molar-refractivity contribution in [3.05, 3.63) is 145 Å². The minimum atomic E-state index is 0.0876. The Morgan fingerprint density at radius 2 is 1.45 bits per heavy atom. The van der Waals surface area contributed by atoms with E-state index in [1.807, 2.05) is 17.8 Å². The molecule has 0 saturated heterocycles. The first-order chi connectivity index (χ1) is 24.3. The molecular weight excluding hydrogens is 621 g/mol. The predicted octanol–water partition coefficient (Wildman–Crippen LogP) is 9.72. The molecule has 49 heavy (non-hydrogen) atoms. The van der Waals surface area contributed by atoms with E-state index in [0.29, 0.717) is 5.82 Å². The Bertz CT molecular complexity index is 2770. The summed E-state index contributed by atoms with van der Waals surface area (Å²) >= 11 is 1.86. The first kappa shape index (κ1) is 27.2. The van der Waals surface area contributed by atoms with Gasteiger partial charge in [-0.3, -0.25) is 4.99 Å². The summed E-state index contributed by atoms with van der Waals surface area (Å²) in [4.78, 5) is 22.1. The Labute approximate surface area is 286 Å². The molecule has 0 spiro atoms. The lowest BCUT2D eigenvalue weighted by molar-refractivity contribution is 0.539. The third-order valence-electron chi connectivity index (χ3n) is 10.2. The number of fused-ring (bicyclic) bond motifs is 10. The number of rotatable bonds is 3. The lowest BCUT2D eigenvalue weighted by Crippen LogP contribution is -2.34. The van der Waals surface area contributed by atoms with Gasteiger partial charge in [-0.15, -0.1) is 0 Å². The Morgan fingerprint density at radius 3 is 2.33 bits per heavy atom. The summed E-state index contributed by atoms with van der Waals surface area (Å²) in [5, 5.41) is 5.11. The molecule has 2 aliphatic heterocycles. The van der Waals surface area contributed by atoms with Crippen molar-refractivity contribution < 1.29 is 0 Å². The maximum Gasteiger partial charge on any atom is 0.174 e. The summed E-state index contributed by atoms with van der Waals surface area (Å²) in [5.41, 5.74) is 9.10. The van der Waals surface area contributed by atoms with Crippen LogP contribution in [0.2, 0.25) is 0 Å². The average Bonchev–Trinajstić information content (AvgIpc) is 3.69. The fourth-order valence-corrected chi connectivity index (χ4v) is 9.30. The molecule has 0 fully saturated rings. The van der Waals surface area contributed by atoms with E-state index in [9.17, 15) is 0 Å². The number of aliphatic imine (C=N–C) groups is 2. The molecule has 3 aliphatic rings. The van der Waals surface area contributed by atoms with Gasteiger partial charge in [-0.05, 0) is 61.4 Å². The van der Waals surface area contributed by atoms with Gasteiger partial charge in [0.15, 0.2) is 11.7 Å². The van der Waals surface area contributed by atoms with Crippen molar-refractivity contribution in [1.82, 2.24) is 19.1 Å². The van der Waals surface area contributed by atoms with Crippen LogP contribution in [0.5, 0.6) is 0 Å². The maximum absolute atomic E-state index is 5.24. The van der Waals surface area contributed by atoms with E-state index in [4.69, 9.17) is 9.98 Å². The Kier molecular flexibility index (Phi) is 5.75. The van der Waals surface area contributed by atoms with E-state index in [0.717, 1.165) is 35.6 Å². The molecule has 5 heterocycles. The second-order valence-electron chi connectivity index (χ2n) is 12.9. The van der Waals surface area contributed by atoms with Gasteiger partial charge in [-0.25, -0.2) is 15.0 Å². The molecule has 1 aliphatic carbocycles. The monoisotopic (exact) mass is 648 g/mol. The Hall–Kier alpha value is -5.79. The van der Waals surface area contributed by atoms with Crippen LogP contribution in [0, 0.1) is 5.92 Å². The number of allylic oxidation sites excluding steroid dienone is 1. The lowest BCUT2D eigenvalue weighted by atomic mass is 9.85. The molecule has 232 valence electrons. The van der Waals surface area contributed by atoms with Crippen LogP contribution in [0.1, 0.15) is 24.2 Å². The first-order valence-electron chi connectivity index (χ1n) is 16.8. The SMILES string of the molecule is C1=CC2C(c3ncccn3)=NC(c3cccc(-n4c5ccccc5c5c6c7ccccc7n7c6c(cc54)Sc4ccccc4-7)c3)=NC2CC1. The molecule has 5 aromatic carbocycles. The van der Waals surface area contributed by atoms with Gasteiger partial charge in [0.05, 0.1) is 39.5 Å². The van der Waals surface area contributed by atoms with Crippen molar-refractivity contribution in [3.8, 4) is 11.4 Å². The van der Waals surface area contributed by atoms with Crippen LogP contribution in [0.4, 0.5) is 0 Å². The smallest absolute Gasteiger partial charge is 0.174 e. The predicted molar refractivity (Wildman–Crippen MR) is 200 cm³/mol. The van der Waals surface area contributed by atoms with Crippen molar-refractivity contribution in [3.63, 3.8) is 0 Å². The standard InChI is InChI=1S/C42H28N6S/c1-4-16-30-27(13-1)39(42-43-21-10-22-44-42)46-41(45-30)25-11-9-12-26(23-25)47-31-17-5-2-14-28(31)37-34(47)24-36-40-38(37)29-15-3-6-18-32(29)48(40)33-19-7-8-20-35(33)49-36/h1-3,5-15,17-24,27,30H,4,16H2. The van der Waals surface area contributed by atoms with Gasteiger partial charge < -0.3 is 9.13 Å². The summed E-state index contributed by atoms with van der Waals surface area (Å²) in [7, 11) is 0. The number of aromatic nitrogens is 4. The van der Waals surface area contributed by atoms with E-state index in [1.54, 1.807) is 12.4 Å². The number of para-hydroxylation sites is 3. The zero-order chi connectivity index (χ0) is 32.1. The minimum Gasteiger partial charge on any atom is -0.309 e. The highest BCUT2D eigenvalue weighted by Gasteiger charge is 2.33. The minimum absolute atomic E-state index is 0.0876. The quantitative estimate of drug-likeness (QED) is 0.179. The fourth-order valence-electron chi connectivity index (χ4n) is 8.19. The zero-order valence-corrected chi connectivity index (χ0v) is 27.2. The molecule has 7 heteroatoms. The summed E-state index contributed by atoms with van der Waals surface area (Å²) < 4.78 is 4.90. The molecule has 3 aromatic heterocycles. The van der Waals surface area contributed by atoms with Crippen LogP contribution >= 0.6 is 11.8 Å². The third kappa shape index (κ3) is 3.90. The van der Waals surface area contributed by atoms with Gasteiger partial charge in [0.2, 0.25) is 0 Å². The van der Waals surface area contributed by atoms with Crippen LogP contribution in [0.3, 0.4) is 0 Å². The molecule has 0 saturated carbocycles. The van der Waals surface area contributed by atoms with E-state index < -0.39 is 0 Å². The van der Waals surface area contributed by atoms with Crippen LogP contribution < -0.4 is 0 Å². The number of amidine groups is 1. The Morgan fingerprint density at radius 1 is 0.673 bits per heavy atom. The van der Waals surface area contributed by atoms with E-state index in [-0.39, 0.29) is 12.0 Å². The van der Waals surface area contributed by atoms with Crippen molar-refractivity contribution in [2.24, 2.45) is 15.9 Å². The lowest BCUT2D eigenvalue weighted by Gasteiger charge is -2.29. The second kappa shape index (κ2) is 10.4. The normalized spacial score (nSPS) is 18.1. The zero-order valence-electron chi connectivity index (χ0n) is 26.4. The second-order valence-corrected chi connectivity index (χ2v) is 14.0. The van der Waals surface area contributed by atoms with Gasteiger partial charge >= 0.3 is 0 Å². The number of hydrogen-bond donors (Lipinski definition) is 0. The van der Waals surface area contributed by atoms with Crippen molar-refractivity contribution in [2.45, 2.75) is 28.7 Å². The van der Waals surface area contributed by atoms with E-state index >= 15 is 0 Å². The molecule has 0 N–H and O–H groups in total. The first-order valence-corrected chi connectivity index (χ1v) is 17.6. The average molecular weight is 649 g/mol. The molecule has 0 radical (unpaired) electrons. The van der Waals surface area contributed by atoms with Crippen LogP contribution in [-0.4, -0.2) is 36.7 Å². The maximum atomic E-state index is 5.24. The summed E-state index contributed by atoms with van der Waals surface area (Å²) in [6.07, 6.45) is 10.0. The van der Waals surface area contributed by atoms with Crippen LogP contribution in [-0.2, 0) is 0 Å². The van der Waals surface area contributed by atoms with Crippen LogP contribution in [0.15, 0.2) is 154 Å². The topological polar surface area (TPSA) is 60.4 Å². The molecule has 0 amide bonds. The largest absolute Gasteiger partial charge is 0.309 e. The molecule has 11 rings (SSSR count). The van der Waals surface area contributed by atoms with Gasteiger partial charge in [0.25, 0.3) is 0 Å². The van der Waals surface area contributed by atoms with Crippen molar-refractivity contribution >= 4 is 66.9 Å². The van der Waals surface area contributed by atoms with Gasteiger partial charge in [-0.1, -0.05) is 84.6 Å². The van der Waals surface area contributed by atoms with Gasteiger partial charge in [0.1, 0.15) is 0 Å². The van der Waals surface area contributed by atoms with Crippen molar-refractivity contribution in [1.29, 1.82) is 0 Å². The summed E-state index contributed by atoms with van der Waals surface area (Å²) in [6.45, 7) is 0. The third-order valence-corrected chi connectivity index (χ3v) is 11.3. The molecule has 2 atom stereocenters. The number of nitrogens with zero attached hydrogens (tertiary/aromatic N) is 6. The molecule has 0 bridgehead atoms. The highest BCUT2D eigenvalue weighted by Crippen LogP contribution is 2.51. The molecule has 8 aromatic rings. The van der Waals surface area contributed by atoms with Gasteiger partial charge in [-0.2, -0.15) is 0 Å².